The van der Waals surface area contributed by atoms with Gasteiger partial charge in [-0.2, -0.15) is 0 Å². The van der Waals surface area contributed by atoms with E-state index in [2.05, 4.69) is 20.9 Å². The predicted octanol–water partition coefficient (Wildman–Crippen LogP) is 3.86. The topological polar surface area (TPSA) is 83.1 Å². The summed E-state index contributed by atoms with van der Waals surface area (Å²) in [6.07, 6.45) is 0. The largest absolute Gasteiger partial charge is 0.347 e. The van der Waals surface area contributed by atoms with Gasteiger partial charge in [-0.05, 0) is 29.8 Å². The van der Waals surface area contributed by atoms with Crippen LogP contribution in [0.25, 0.3) is 0 Å². The highest BCUT2D eigenvalue weighted by molar-refractivity contribution is 7.14. The molecule has 3 rings (SSSR count). The summed E-state index contributed by atoms with van der Waals surface area (Å²) in [7, 11) is 0. The van der Waals surface area contributed by atoms with Crippen LogP contribution in [0.4, 0.5) is 20.0 Å². The summed E-state index contributed by atoms with van der Waals surface area (Å²) in [5, 5.41) is 9.71. The third-order valence-electron chi connectivity index (χ3n) is 3.36. The number of benzene rings is 2. The summed E-state index contributed by atoms with van der Waals surface area (Å²) in [5.74, 6) is -0.709. The van der Waals surface area contributed by atoms with Crippen molar-refractivity contribution in [2.45, 2.75) is 6.54 Å². The normalized spacial score (nSPS) is 10.2. The highest BCUT2D eigenvalue weighted by Crippen LogP contribution is 2.16. The molecule has 0 bridgehead atoms. The summed E-state index contributed by atoms with van der Waals surface area (Å²) in [6.45, 7) is 0.394. The third-order valence-corrected chi connectivity index (χ3v) is 4.11. The molecule has 132 valence electrons. The number of halogens is 1. The molecule has 6 nitrogen and oxygen atoms in total. The van der Waals surface area contributed by atoms with Crippen LogP contribution in [-0.4, -0.2) is 16.9 Å². The maximum Gasteiger partial charge on any atom is 0.325 e. The van der Waals surface area contributed by atoms with Gasteiger partial charge >= 0.3 is 6.03 Å². The number of amides is 3. The number of nitrogens with one attached hydrogen (secondary N) is 3. The number of urea groups is 1. The van der Waals surface area contributed by atoms with Gasteiger partial charge in [-0.1, -0.05) is 30.3 Å². The minimum atomic E-state index is -0.526. The number of anilines is 2. The Morgan fingerprint density at radius 3 is 2.46 bits per heavy atom. The molecule has 0 spiro atoms. The number of nitrogens with zero attached hydrogens (tertiary/aromatic N) is 1. The fourth-order valence-corrected chi connectivity index (χ4v) is 2.78. The van der Waals surface area contributed by atoms with Crippen LogP contribution >= 0.6 is 11.3 Å². The van der Waals surface area contributed by atoms with Crippen LogP contribution in [0.1, 0.15) is 16.1 Å². The quantitative estimate of drug-likeness (QED) is 0.638. The van der Waals surface area contributed by atoms with Crippen molar-refractivity contribution in [1.29, 1.82) is 0 Å². The number of carbonyl (C=O) groups is 2. The van der Waals surface area contributed by atoms with Gasteiger partial charge in [0.2, 0.25) is 0 Å². The summed E-state index contributed by atoms with van der Waals surface area (Å²) in [6, 6.07) is 14.4. The fraction of sp³-hybridized carbons (Fsp3) is 0.0556. The van der Waals surface area contributed by atoms with Gasteiger partial charge in [-0.3, -0.25) is 10.1 Å². The Balaban J connectivity index is 1.52. The maximum absolute atomic E-state index is 12.8. The van der Waals surface area contributed by atoms with Gasteiger partial charge in [0.25, 0.3) is 5.91 Å². The van der Waals surface area contributed by atoms with Crippen LogP contribution in [0, 0.1) is 5.82 Å². The summed E-state index contributed by atoms with van der Waals surface area (Å²) < 4.78 is 12.8. The highest BCUT2D eigenvalue weighted by atomic mass is 32.1. The number of hydrogen-bond donors (Lipinski definition) is 3. The molecule has 0 aliphatic rings. The second-order valence-corrected chi connectivity index (χ2v) is 6.15. The van der Waals surface area contributed by atoms with E-state index in [-0.39, 0.29) is 22.5 Å². The smallest absolute Gasteiger partial charge is 0.325 e. The molecule has 3 amide bonds. The Bertz CT molecular complexity index is 897. The lowest BCUT2D eigenvalue weighted by Gasteiger charge is -2.05. The van der Waals surface area contributed by atoms with Gasteiger partial charge in [0.05, 0.1) is 0 Å². The summed E-state index contributed by atoms with van der Waals surface area (Å²) >= 11 is 1.14. The van der Waals surface area contributed by atoms with E-state index in [1.807, 2.05) is 30.3 Å². The molecule has 3 N–H and O–H groups in total. The SMILES string of the molecule is O=C(Nc1ccc(F)cc1)Nc1nc(C(=O)NCc2ccccc2)cs1. The second-order valence-electron chi connectivity index (χ2n) is 5.29. The molecule has 0 atom stereocenters. The summed E-state index contributed by atoms with van der Waals surface area (Å²) in [4.78, 5) is 28.1. The van der Waals surface area contributed by atoms with Gasteiger partial charge in [-0.15, -0.1) is 11.3 Å². The molecule has 26 heavy (non-hydrogen) atoms. The van der Waals surface area contributed by atoms with E-state index in [0.29, 0.717) is 12.2 Å². The van der Waals surface area contributed by atoms with Crippen molar-refractivity contribution in [3.8, 4) is 0 Å². The molecule has 8 heteroatoms. The lowest BCUT2D eigenvalue weighted by Crippen LogP contribution is -2.23. The summed E-state index contributed by atoms with van der Waals surface area (Å²) in [5.41, 5.74) is 1.65. The Morgan fingerprint density at radius 1 is 1.00 bits per heavy atom. The number of thiazole rings is 1. The fourth-order valence-electron chi connectivity index (χ4n) is 2.10. The van der Waals surface area contributed by atoms with E-state index >= 15 is 0 Å². The molecule has 0 saturated heterocycles. The Morgan fingerprint density at radius 2 is 1.73 bits per heavy atom. The van der Waals surface area contributed by atoms with E-state index < -0.39 is 6.03 Å². The van der Waals surface area contributed by atoms with Crippen LogP contribution in [0.5, 0.6) is 0 Å². The Hall–Kier alpha value is -3.26. The lowest BCUT2D eigenvalue weighted by molar-refractivity contribution is 0.0946. The first kappa shape index (κ1) is 17.6. The van der Waals surface area contributed by atoms with Crippen molar-refractivity contribution in [3.63, 3.8) is 0 Å². The zero-order chi connectivity index (χ0) is 18.4. The Labute approximate surface area is 153 Å². The first-order valence-electron chi connectivity index (χ1n) is 7.71. The number of carbonyl (C=O) groups excluding carboxylic acids is 2. The van der Waals surface area contributed by atoms with Crippen molar-refractivity contribution in [2.75, 3.05) is 10.6 Å². The van der Waals surface area contributed by atoms with Crippen molar-refractivity contribution >= 4 is 34.1 Å². The molecular weight excluding hydrogens is 355 g/mol. The predicted molar refractivity (Wildman–Crippen MR) is 98.8 cm³/mol. The number of rotatable bonds is 5. The molecule has 0 aliphatic heterocycles. The van der Waals surface area contributed by atoms with Crippen LogP contribution in [0.2, 0.25) is 0 Å². The lowest BCUT2D eigenvalue weighted by atomic mass is 10.2. The standard InChI is InChI=1S/C18H15FN4O2S/c19-13-6-8-14(9-7-13)21-17(25)23-18-22-15(11-26-18)16(24)20-10-12-4-2-1-3-5-12/h1-9,11H,10H2,(H,20,24)(H2,21,22,23,25). The van der Waals surface area contributed by atoms with Gasteiger partial charge in [0, 0.05) is 17.6 Å². The van der Waals surface area contributed by atoms with Gasteiger partial charge in [-0.25, -0.2) is 14.2 Å². The van der Waals surface area contributed by atoms with E-state index in [1.54, 1.807) is 5.38 Å². The van der Waals surface area contributed by atoms with Crippen molar-refractivity contribution in [1.82, 2.24) is 10.3 Å². The highest BCUT2D eigenvalue weighted by Gasteiger charge is 2.12. The van der Waals surface area contributed by atoms with Crippen LogP contribution < -0.4 is 16.0 Å². The molecule has 2 aromatic carbocycles. The van der Waals surface area contributed by atoms with Crippen molar-refractivity contribution < 1.29 is 14.0 Å². The molecule has 3 aromatic rings. The average Bonchev–Trinajstić information content (AvgIpc) is 3.11. The minimum absolute atomic E-state index is 0.225. The van der Waals surface area contributed by atoms with Crippen molar-refractivity contribution in [3.05, 3.63) is 77.1 Å². The zero-order valence-corrected chi connectivity index (χ0v) is 14.3. The van der Waals surface area contributed by atoms with E-state index in [9.17, 15) is 14.0 Å². The van der Waals surface area contributed by atoms with Gasteiger partial charge in [0.1, 0.15) is 11.5 Å². The number of hydrogen-bond acceptors (Lipinski definition) is 4. The van der Waals surface area contributed by atoms with Gasteiger partial charge < -0.3 is 10.6 Å². The van der Waals surface area contributed by atoms with Crippen LogP contribution in [-0.2, 0) is 6.54 Å². The monoisotopic (exact) mass is 370 g/mol. The van der Waals surface area contributed by atoms with E-state index in [0.717, 1.165) is 16.9 Å². The first-order valence-corrected chi connectivity index (χ1v) is 8.59. The van der Waals surface area contributed by atoms with E-state index in [1.165, 1.54) is 24.3 Å². The van der Waals surface area contributed by atoms with Crippen LogP contribution in [0.3, 0.4) is 0 Å². The molecule has 0 fully saturated rings. The van der Waals surface area contributed by atoms with Crippen LogP contribution in [0.15, 0.2) is 60.0 Å². The molecule has 1 aromatic heterocycles. The second kappa shape index (κ2) is 8.21. The molecule has 0 aliphatic carbocycles. The molecule has 1 heterocycles. The van der Waals surface area contributed by atoms with Gasteiger partial charge in [0.15, 0.2) is 5.13 Å². The number of aromatic nitrogens is 1. The Kier molecular flexibility index (Phi) is 5.55. The van der Waals surface area contributed by atoms with Crippen molar-refractivity contribution in [2.24, 2.45) is 0 Å². The van der Waals surface area contributed by atoms with E-state index in [4.69, 9.17) is 0 Å². The maximum atomic E-state index is 12.8. The molecule has 0 radical (unpaired) electrons. The molecule has 0 unspecified atom stereocenters. The average molecular weight is 370 g/mol. The zero-order valence-electron chi connectivity index (χ0n) is 13.5. The first-order chi connectivity index (χ1) is 12.6. The minimum Gasteiger partial charge on any atom is -0.347 e. The molecular formula is C18H15FN4O2S. The third kappa shape index (κ3) is 4.87. The molecule has 0 saturated carbocycles.